The van der Waals surface area contributed by atoms with E-state index < -0.39 is 11.6 Å². The predicted octanol–water partition coefficient (Wildman–Crippen LogP) is 3.38. The number of fused-ring (bicyclic) bond motifs is 3. The summed E-state index contributed by atoms with van der Waals surface area (Å²) >= 11 is 0. The summed E-state index contributed by atoms with van der Waals surface area (Å²) in [7, 11) is 0. The van der Waals surface area contributed by atoms with Crippen molar-refractivity contribution in [1.82, 2.24) is 4.98 Å². The highest BCUT2D eigenvalue weighted by Gasteiger charge is 2.40. The number of carbonyl (C=O) groups is 1. The number of H-pyrrole nitrogens is 1. The smallest absolute Gasteiger partial charge is 0.306 e. The molecule has 0 aliphatic carbocycles. The molecule has 1 atom stereocenters. The Morgan fingerprint density at radius 3 is 2.62 bits per heavy atom. The molecular formula is C19H27NO4. The van der Waals surface area contributed by atoms with Crippen LogP contribution in [0.1, 0.15) is 50.4 Å². The van der Waals surface area contributed by atoms with Crippen molar-refractivity contribution in [3.05, 3.63) is 35.0 Å². The molecule has 0 radical (unpaired) electrons. The highest BCUT2D eigenvalue weighted by molar-refractivity contribution is 5.88. The van der Waals surface area contributed by atoms with Crippen LogP contribution >= 0.6 is 0 Å². The second-order valence-electron chi connectivity index (χ2n) is 6.00. The number of hydrogen-bond donors (Lipinski definition) is 3. The van der Waals surface area contributed by atoms with E-state index in [1.54, 1.807) is 6.92 Å². The van der Waals surface area contributed by atoms with E-state index in [-0.39, 0.29) is 13.0 Å². The molecule has 0 amide bonds. The molecule has 1 aromatic carbocycles. The number of rotatable bonds is 4. The monoisotopic (exact) mass is 333 g/mol. The fourth-order valence-corrected chi connectivity index (χ4v) is 3.49. The van der Waals surface area contributed by atoms with E-state index in [1.807, 2.05) is 6.92 Å². The Balaban J connectivity index is 0.000000647. The van der Waals surface area contributed by atoms with Gasteiger partial charge in [-0.3, -0.25) is 4.79 Å². The molecule has 5 nitrogen and oxygen atoms in total. The number of aromatic nitrogens is 1. The SMILES string of the molecule is CCO.CCc1cccc2c3c([nH]c12)C(CC)(CC(=O)O)OCC3. The first-order chi connectivity index (χ1) is 11.5. The Kier molecular flexibility index (Phi) is 6.02. The van der Waals surface area contributed by atoms with Crippen molar-refractivity contribution < 1.29 is 19.7 Å². The molecule has 0 fully saturated rings. The first kappa shape index (κ1) is 18.5. The molecule has 0 saturated carbocycles. The molecule has 3 rings (SSSR count). The maximum absolute atomic E-state index is 11.3. The molecule has 2 aromatic rings. The van der Waals surface area contributed by atoms with Crippen molar-refractivity contribution in [1.29, 1.82) is 0 Å². The van der Waals surface area contributed by atoms with E-state index in [1.165, 1.54) is 16.5 Å². The number of aromatic amines is 1. The molecule has 0 saturated heterocycles. The van der Waals surface area contributed by atoms with Crippen LogP contribution < -0.4 is 0 Å². The van der Waals surface area contributed by atoms with Crippen LogP contribution in [0.4, 0.5) is 0 Å². The van der Waals surface area contributed by atoms with Crippen molar-refractivity contribution in [3.63, 3.8) is 0 Å². The Labute approximate surface area is 142 Å². The number of carboxylic acid groups (broad SMARTS) is 1. The number of aliphatic hydroxyl groups is 1. The maximum Gasteiger partial charge on any atom is 0.306 e. The zero-order chi connectivity index (χ0) is 17.7. The molecule has 0 bridgehead atoms. The normalized spacial score (nSPS) is 19.5. The number of hydrogen-bond acceptors (Lipinski definition) is 3. The Hall–Kier alpha value is -1.85. The number of nitrogens with one attached hydrogen (secondary N) is 1. The number of ether oxygens (including phenoxy) is 1. The minimum absolute atomic E-state index is 0.00474. The second kappa shape index (κ2) is 7.81. The van der Waals surface area contributed by atoms with Crippen LogP contribution in [0.2, 0.25) is 0 Å². The summed E-state index contributed by atoms with van der Waals surface area (Å²) < 4.78 is 5.94. The van der Waals surface area contributed by atoms with Gasteiger partial charge >= 0.3 is 5.97 Å². The van der Waals surface area contributed by atoms with Crippen LogP contribution in [0.15, 0.2) is 18.2 Å². The van der Waals surface area contributed by atoms with Crippen LogP contribution in [-0.2, 0) is 28.0 Å². The van der Waals surface area contributed by atoms with Gasteiger partial charge < -0.3 is 19.9 Å². The van der Waals surface area contributed by atoms with E-state index in [2.05, 4.69) is 30.1 Å². The van der Waals surface area contributed by atoms with Gasteiger partial charge in [0, 0.05) is 17.5 Å². The lowest BCUT2D eigenvalue weighted by Crippen LogP contribution is -2.37. The van der Waals surface area contributed by atoms with Gasteiger partial charge in [-0.2, -0.15) is 0 Å². The van der Waals surface area contributed by atoms with E-state index in [0.29, 0.717) is 13.0 Å². The average Bonchev–Trinajstić information content (AvgIpc) is 2.95. The van der Waals surface area contributed by atoms with Gasteiger partial charge in [0.2, 0.25) is 0 Å². The van der Waals surface area contributed by atoms with Crippen molar-refractivity contribution in [2.45, 2.75) is 52.1 Å². The number of aliphatic carboxylic acids is 1. The fourth-order valence-electron chi connectivity index (χ4n) is 3.49. The van der Waals surface area contributed by atoms with Crippen molar-refractivity contribution in [2.75, 3.05) is 13.2 Å². The van der Waals surface area contributed by atoms with E-state index in [0.717, 1.165) is 24.1 Å². The summed E-state index contributed by atoms with van der Waals surface area (Å²) in [4.78, 5) is 14.8. The fraction of sp³-hybridized carbons (Fsp3) is 0.526. The summed E-state index contributed by atoms with van der Waals surface area (Å²) in [6.45, 7) is 6.64. The predicted molar refractivity (Wildman–Crippen MR) is 94.3 cm³/mol. The molecule has 1 aromatic heterocycles. The van der Waals surface area contributed by atoms with Crippen molar-refractivity contribution in [2.24, 2.45) is 0 Å². The van der Waals surface area contributed by atoms with E-state index in [9.17, 15) is 9.90 Å². The lowest BCUT2D eigenvalue weighted by Gasteiger charge is -2.35. The standard InChI is InChI=1S/C17H21NO3.C2H6O/c1-3-11-6-5-7-12-13-8-9-21-17(4-2,10-14(19)20)16(13)18-15(11)12;1-2-3/h5-7,18H,3-4,8-10H2,1-2H3,(H,19,20);3H,2H2,1H3. The quantitative estimate of drug-likeness (QED) is 0.801. The molecule has 1 aliphatic rings. The van der Waals surface area contributed by atoms with Crippen LogP contribution in [0, 0.1) is 0 Å². The van der Waals surface area contributed by atoms with Gasteiger partial charge in [-0.1, -0.05) is 32.0 Å². The molecule has 1 aliphatic heterocycles. The highest BCUT2D eigenvalue weighted by Crippen LogP contribution is 2.42. The van der Waals surface area contributed by atoms with Gasteiger partial charge in [-0.25, -0.2) is 0 Å². The average molecular weight is 333 g/mol. The third-order valence-electron chi connectivity index (χ3n) is 4.60. The van der Waals surface area contributed by atoms with Gasteiger partial charge in [0.25, 0.3) is 0 Å². The lowest BCUT2D eigenvalue weighted by molar-refractivity contribution is -0.148. The van der Waals surface area contributed by atoms with E-state index >= 15 is 0 Å². The van der Waals surface area contributed by atoms with Gasteiger partial charge in [-0.15, -0.1) is 0 Å². The van der Waals surface area contributed by atoms with Crippen molar-refractivity contribution in [3.8, 4) is 0 Å². The minimum atomic E-state index is -0.820. The highest BCUT2D eigenvalue weighted by atomic mass is 16.5. The molecule has 3 N–H and O–H groups in total. The maximum atomic E-state index is 11.3. The first-order valence-corrected chi connectivity index (χ1v) is 8.62. The summed E-state index contributed by atoms with van der Waals surface area (Å²) in [5.41, 5.74) is 3.88. The van der Waals surface area contributed by atoms with Gasteiger partial charge in [0.05, 0.1) is 18.7 Å². The molecular weight excluding hydrogens is 306 g/mol. The third kappa shape index (κ3) is 3.32. The molecule has 0 spiro atoms. The molecule has 1 unspecified atom stereocenters. The molecule has 2 heterocycles. The summed E-state index contributed by atoms with van der Waals surface area (Å²) in [6, 6.07) is 6.32. The zero-order valence-electron chi connectivity index (χ0n) is 14.7. The van der Waals surface area contributed by atoms with Crippen LogP contribution in [0.25, 0.3) is 10.9 Å². The summed E-state index contributed by atoms with van der Waals surface area (Å²) in [6.07, 6.45) is 2.45. The van der Waals surface area contributed by atoms with Crippen LogP contribution in [0.5, 0.6) is 0 Å². The van der Waals surface area contributed by atoms with Gasteiger partial charge in [0.15, 0.2) is 0 Å². The first-order valence-electron chi connectivity index (χ1n) is 8.62. The topological polar surface area (TPSA) is 82.5 Å². The Morgan fingerprint density at radius 1 is 1.33 bits per heavy atom. The summed E-state index contributed by atoms with van der Waals surface area (Å²) in [5.74, 6) is -0.820. The molecule has 5 heteroatoms. The number of para-hydroxylation sites is 1. The number of benzene rings is 1. The van der Waals surface area contributed by atoms with E-state index in [4.69, 9.17) is 9.84 Å². The molecule has 132 valence electrons. The van der Waals surface area contributed by atoms with Gasteiger partial charge in [0.1, 0.15) is 5.60 Å². The van der Waals surface area contributed by atoms with Crippen LogP contribution in [-0.4, -0.2) is 34.4 Å². The summed E-state index contributed by atoms with van der Waals surface area (Å²) in [5, 5.41) is 18.1. The third-order valence-corrected chi connectivity index (χ3v) is 4.60. The largest absolute Gasteiger partial charge is 0.481 e. The Morgan fingerprint density at radius 2 is 2.04 bits per heavy atom. The zero-order valence-corrected chi connectivity index (χ0v) is 14.7. The minimum Gasteiger partial charge on any atom is -0.481 e. The van der Waals surface area contributed by atoms with Gasteiger partial charge in [-0.05, 0) is 37.3 Å². The Bertz CT molecular complexity index is 707. The van der Waals surface area contributed by atoms with Crippen LogP contribution in [0.3, 0.4) is 0 Å². The molecule has 24 heavy (non-hydrogen) atoms. The number of aliphatic hydroxyl groups excluding tert-OH is 1. The second-order valence-corrected chi connectivity index (χ2v) is 6.00. The number of aryl methyl sites for hydroxylation is 1. The number of carboxylic acids is 1. The lowest BCUT2D eigenvalue weighted by atomic mass is 9.86. The van der Waals surface area contributed by atoms with Crippen molar-refractivity contribution >= 4 is 16.9 Å².